The zero-order valence-electron chi connectivity index (χ0n) is 18.0. The molecule has 0 amide bonds. The van der Waals surface area contributed by atoms with Gasteiger partial charge in [0.05, 0.1) is 18.3 Å². The zero-order chi connectivity index (χ0) is 24.5. The smallest absolute Gasteiger partial charge is 0.333 e. The lowest BCUT2D eigenvalue weighted by Crippen LogP contribution is -2.24. The van der Waals surface area contributed by atoms with E-state index in [0.29, 0.717) is 18.6 Å². The van der Waals surface area contributed by atoms with Crippen molar-refractivity contribution in [3.8, 4) is 0 Å². The maximum atomic E-state index is 13.2. The Morgan fingerprint density at radius 1 is 1.41 bits per heavy atom. The van der Waals surface area contributed by atoms with Crippen molar-refractivity contribution >= 4 is 33.5 Å². The van der Waals surface area contributed by atoms with Crippen LogP contribution in [0, 0.1) is 5.92 Å². The van der Waals surface area contributed by atoms with E-state index in [9.17, 15) is 18.3 Å². The summed E-state index contributed by atoms with van der Waals surface area (Å²) in [6.07, 6.45) is 4.26. The number of ketones is 1. The van der Waals surface area contributed by atoms with E-state index in [1.165, 1.54) is 12.5 Å². The molecule has 4 N–H and O–H groups in total. The first kappa shape index (κ1) is 24.3. The monoisotopic (exact) mass is 510 g/mol. The summed E-state index contributed by atoms with van der Waals surface area (Å²) in [6.45, 7) is 1.63. The molecule has 0 radical (unpaired) electrons. The summed E-state index contributed by atoms with van der Waals surface area (Å²) in [5.74, 6) is 0.0483. The number of aromatic nitrogens is 4. The molecule has 1 saturated carbocycles. The van der Waals surface area contributed by atoms with E-state index < -0.39 is 22.3 Å². The molecule has 1 aliphatic rings. The fourth-order valence-electron chi connectivity index (χ4n) is 3.88. The molecule has 34 heavy (non-hydrogen) atoms. The highest BCUT2D eigenvalue weighted by molar-refractivity contribution is 7.84. The first-order chi connectivity index (χ1) is 16.1. The van der Waals surface area contributed by atoms with Crippen LogP contribution in [-0.2, 0) is 14.5 Å². The van der Waals surface area contributed by atoms with Crippen LogP contribution < -0.4 is 10.5 Å². The maximum absolute atomic E-state index is 13.2. The minimum absolute atomic E-state index is 0.188. The lowest BCUT2D eigenvalue weighted by Gasteiger charge is -2.15. The molecule has 1 fully saturated rings. The Balaban J connectivity index is 1.46. The molecule has 0 bridgehead atoms. The Hall–Kier alpha value is -2.84. The highest BCUT2D eigenvalue weighted by atomic mass is 35.5. The second kappa shape index (κ2) is 9.80. The molecule has 4 rings (SSSR count). The van der Waals surface area contributed by atoms with Crippen LogP contribution in [0.15, 0.2) is 41.3 Å². The average molecular weight is 511 g/mol. The number of nitrogens with one attached hydrogen (secondary N) is 1. The van der Waals surface area contributed by atoms with Crippen LogP contribution in [0.4, 0.5) is 5.82 Å². The molecular weight excluding hydrogens is 488 g/mol. The minimum Gasteiger partial charge on any atom is -0.447 e. The van der Waals surface area contributed by atoms with E-state index in [1.807, 2.05) is 6.92 Å². The first-order valence-corrected chi connectivity index (χ1v) is 12.2. The molecule has 0 saturated heterocycles. The Morgan fingerprint density at radius 2 is 2.21 bits per heavy atom. The Bertz CT molecular complexity index is 1280. The molecular formula is C20H23ClN6O6S. The number of halogens is 1. The molecule has 3 aromatic heterocycles. The van der Waals surface area contributed by atoms with Gasteiger partial charge in [0.25, 0.3) is 0 Å². The van der Waals surface area contributed by atoms with Crippen molar-refractivity contribution in [1.82, 2.24) is 19.7 Å². The molecule has 12 nitrogen and oxygen atoms in total. The third kappa shape index (κ3) is 5.62. The number of rotatable bonds is 9. The van der Waals surface area contributed by atoms with Crippen molar-refractivity contribution in [2.24, 2.45) is 11.1 Å². The van der Waals surface area contributed by atoms with Crippen LogP contribution in [0.5, 0.6) is 0 Å². The average Bonchev–Trinajstić information content (AvgIpc) is 3.51. The minimum atomic E-state index is -4.10. The number of furan rings is 1. The summed E-state index contributed by atoms with van der Waals surface area (Å²) in [5.41, 5.74) is 0.397. The molecule has 4 atom stereocenters. The number of carbonyl (C=O) groups excluding carboxylic acids is 1. The Morgan fingerprint density at radius 3 is 2.91 bits per heavy atom. The number of anilines is 1. The number of nitrogens with two attached hydrogens (primary N) is 1. The number of carbonyl (C=O) groups is 1. The van der Waals surface area contributed by atoms with Crippen molar-refractivity contribution in [3.05, 3.63) is 59.2 Å². The number of nitrogens with zero attached hydrogens (tertiary/aromatic N) is 4. The van der Waals surface area contributed by atoms with Gasteiger partial charge in [-0.3, -0.25) is 13.7 Å². The topological polar surface area (TPSA) is 175 Å². The SMILES string of the molecule is C[C@H](c1ccc(Cl)o1)n1ccc(C(=O)c2cncnc2N[C@@H]2C[C@H](COS(N)(=O)=O)[C@@H](O)C2)n1. The number of aliphatic hydroxyl groups excluding tert-OH is 1. The van der Waals surface area contributed by atoms with Gasteiger partial charge in [-0.2, -0.15) is 13.5 Å². The largest absolute Gasteiger partial charge is 0.447 e. The third-order valence-electron chi connectivity index (χ3n) is 5.65. The lowest BCUT2D eigenvalue weighted by atomic mass is 10.1. The second-order valence-corrected chi connectivity index (χ2v) is 9.62. The van der Waals surface area contributed by atoms with Crippen LogP contribution in [0.25, 0.3) is 0 Å². The van der Waals surface area contributed by atoms with Crippen molar-refractivity contribution in [2.75, 3.05) is 11.9 Å². The van der Waals surface area contributed by atoms with Crippen molar-refractivity contribution in [1.29, 1.82) is 0 Å². The van der Waals surface area contributed by atoms with E-state index in [-0.39, 0.29) is 46.8 Å². The quantitative estimate of drug-likeness (QED) is 0.358. The fraction of sp³-hybridized carbons (Fsp3) is 0.400. The summed E-state index contributed by atoms with van der Waals surface area (Å²) >= 11 is 5.84. The van der Waals surface area contributed by atoms with Crippen molar-refractivity contribution in [3.63, 3.8) is 0 Å². The van der Waals surface area contributed by atoms with Gasteiger partial charge in [-0.15, -0.1) is 0 Å². The molecule has 3 aromatic rings. The van der Waals surface area contributed by atoms with Gasteiger partial charge in [0.2, 0.25) is 5.78 Å². The van der Waals surface area contributed by atoms with Gasteiger partial charge in [-0.25, -0.2) is 15.1 Å². The molecule has 3 heterocycles. The van der Waals surface area contributed by atoms with Crippen molar-refractivity contribution < 1.29 is 26.9 Å². The molecule has 182 valence electrons. The standard InChI is InChI=1S/C20H23ClN6O6S/c1-11(17-2-3-18(21)33-17)27-5-4-15(26-27)19(29)14-8-23-10-24-20(14)25-13-6-12(16(28)7-13)9-32-34(22,30)31/h2-5,8,10-13,16,28H,6-7,9H2,1H3,(H2,22,30,31)(H,23,24,25)/t11-,12-,13-,16+/m1/s1. The highest BCUT2D eigenvalue weighted by Crippen LogP contribution is 2.30. The third-order valence-corrected chi connectivity index (χ3v) is 6.31. The first-order valence-electron chi connectivity index (χ1n) is 10.4. The van der Waals surface area contributed by atoms with Gasteiger partial charge in [-0.1, -0.05) is 0 Å². The van der Waals surface area contributed by atoms with Crippen LogP contribution in [-0.4, -0.2) is 57.8 Å². The summed E-state index contributed by atoms with van der Waals surface area (Å²) in [5, 5.41) is 22.9. The molecule has 0 spiro atoms. The Labute approximate surface area is 200 Å². The van der Waals surface area contributed by atoms with Crippen LogP contribution in [0.3, 0.4) is 0 Å². The Kier molecular flexibility index (Phi) is 7.00. The number of hydrogen-bond acceptors (Lipinski definition) is 10. The van der Waals surface area contributed by atoms with E-state index in [0.717, 1.165) is 0 Å². The number of aliphatic hydroxyl groups is 1. The molecule has 0 unspecified atom stereocenters. The van der Waals surface area contributed by atoms with Gasteiger partial charge in [-0.05, 0) is 49.6 Å². The summed E-state index contributed by atoms with van der Waals surface area (Å²) in [6, 6.07) is 4.40. The summed E-state index contributed by atoms with van der Waals surface area (Å²) in [7, 11) is -4.10. The summed E-state index contributed by atoms with van der Waals surface area (Å²) < 4.78 is 33.7. The molecule has 14 heteroatoms. The van der Waals surface area contributed by atoms with Gasteiger partial charge in [0.1, 0.15) is 29.6 Å². The van der Waals surface area contributed by atoms with E-state index in [2.05, 4.69) is 24.6 Å². The van der Waals surface area contributed by atoms with Crippen LogP contribution >= 0.6 is 11.6 Å². The lowest BCUT2D eigenvalue weighted by molar-refractivity contribution is 0.101. The van der Waals surface area contributed by atoms with Gasteiger partial charge < -0.3 is 14.8 Å². The van der Waals surface area contributed by atoms with E-state index >= 15 is 0 Å². The molecule has 1 aliphatic carbocycles. The summed E-state index contributed by atoms with van der Waals surface area (Å²) in [4.78, 5) is 21.3. The van der Waals surface area contributed by atoms with E-state index in [4.69, 9.17) is 21.2 Å². The number of hydrogen-bond donors (Lipinski definition) is 3. The van der Waals surface area contributed by atoms with Gasteiger partial charge in [0, 0.05) is 24.4 Å². The van der Waals surface area contributed by atoms with Crippen LogP contribution in [0.1, 0.15) is 47.6 Å². The van der Waals surface area contributed by atoms with Gasteiger partial charge in [0.15, 0.2) is 5.22 Å². The van der Waals surface area contributed by atoms with E-state index in [1.54, 1.807) is 29.1 Å². The highest BCUT2D eigenvalue weighted by Gasteiger charge is 2.35. The predicted molar refractivity (Wildman–Crippen MR) is 120 cm³/mol. The molecule has 0 aromatic carbocycles. The van der Waals surface area contributed by atoms with Gasteiger partial charge >= 0.3 is 10.3 Å². The molecule has 0 aliphatic heterocycles. The second-order valence-electron chi connectivity index (χ2n) is 8.03. The van der Waals surface area contributed by atoms with Crippen LogP contribution in [0.2, 0.25) is 5.22 Å². The van der Waals surface area contributed by atoms with Crippen molar-refractivity contribution in [2.45, 2.75) is 38.0 Å². The predicted octanol–water partition coefficient (Wildman–Crippen LogP) is 1.53. The zero-order valence-corrected chi connectivity index (χ0v) is 19.6. The fourth-order valence-corrected chi connectivity index (χ4v) is 4.40. The maximum Gasteiger partial charge on any atom is 0.333 e. The normalized spacial score (nSPS) is 21.5.